The van der Waals surface area contributed by atoms with E-state index in [-0.39, 0.29) is 12.4 Å². The van der Waals surface area contributed by atoms with Gasteiger partial charge in [-0.15, -0.1) is 0 Å². The van der Waals surface area contributed by atoms with E-state index in [0.29, 0.717) is 43.7 Å². The number of Topliss-reactive ketones (excluding diaryl/α,β-unsaturated/α-hetero) is 1. The first kappa shape index (κ1) is 25.7. The molecule has 0 aliphatic rings. The lowest BCUT2D eigenvalue weighted by Crippen LogP contribution is -2.11. The van der Waals surface area contributed by atoms with Crippen LogP contribution in [0.2, 0.25) is 0 Å². The smallest absolute Gasteiger partial charge is 0.330 e. The number of rotatable bonds is 14. The Kier molecular flexibility index (Phi) is 9.89. The van der Waals surface area contributed by atoms with Crippen LogP contribution in [0.25, 0.3) is 0 Å². The van der Waals surface area contributed by atoms with Crippen molar-refractivity contribution in [2.45, 2.75) is 26.9 Å². The number of carbonyl (C=O) groups excluding carboxylic acids is 1. The molecule has 34 heavy (non-hydrogen) atoms. The molecule has 6 nitrogen and oxygen atoms in total. The summed E-state index contributed by atoms with van der Waals surface area (Å²) in [6.07, 6.45) is 0.950. The number of aryl methyl sites for hydroxylation is 1. The van der Waals surface area contributed by atoms with Crippen LogP contribution in [0.3, 0.4) is 0 Å². The third-order valence-corrected chi connectivity index (χ3v) is 7.12. The number of hydrogen-bond donors (Lipinski definition) is 0. The molecule has 3 aromatic rings. The quantitative estimate of drug-likeness (QED) is 0.197. The minimum Gasteiger partial charge on any atom is -0.489 e. The van der Waals surface area contributed by atoms with Crippen molar-refractivity contribution in [1.29, 1.82) is 0 Å². The summed E-state index contributed by atoms with van der Waals surface area (Å²) in [5, 5.41) is 0. The topological polar surface area (TPSA) is 71.1 Å². The Morgan fingerprint density at radius 3 is 1.88 bits per heavy atom. The molecule has 0 heterocycles. The SMILES string of the molecule is CCOP(=O)(CCc1ccc(OCc2ccc(OCC(=O)c3ccccc3)cc2)cc1)OCC. The maximum Gasteiger partial charge on any atom is 0.330 e. The Labute approximate surface area is 201 Å². The fourth-order valence-corrected chi connectivity index (χ4v) is 4.93. The molecule has 0 radical (unpaired) electrons. The largest absolute Gasteiger partial charge is 0.489 e. The third-order valence-electron chi connectivity index (χ3n) is 5.04. The molecule has 0 spiro atoms. The summed E-state index contributed by atoms with van der Waals surface area (Å²) in [5.41, 5.74) is 2.66. The molecule has 7 heteroatoms. The van der Waals surface area contributed by atoms with Crippen LogP contribution < -0.4 is 9.47 Å². The second kappa shape index (κ2) is 13.1. The van der Waals surface area contributed by atoms with Gasteiger partial charge >= 0.3 is 7.60 Å². The highest BCUT2D eigenvalue weighted by atomic mass is 31.2. The van der Waals surface area contributed by atoms with Gasteiger partial charge in [-0.2, -0.15) is 0 Å². The fourth-order valence-electron chi connectivity index (χ4n) is 3.28. The van der Waals surface area contributed by atoms with Gasteiger partial charge in [0.2, 0.25) is 0 Å². The van der Waals surface area contributed by atoms with Crippen molar-refractivity contribution in [2.24, 2.45) is 0 Å². The number of carbonyl (C=O) groups is 1. The van der Waals surface area contributed by atoms with Gasteiger partial charge in [-0.1, -0.05) is 54.6 Å². The van der Waals surface area contributed by atoms with Gasteiger partial charge in [-0.3, -0.25) is 9.36 Å². The zero-order chi connectivity index (χ0) is 24.2. The minimum atomic E-state index is -3.04. The van der Waals surface area contributed by atoms with Gasteiger partial charge in [0.25, 0.3) is 0 Å². The van der Waals surface area contributed by atoms with Crippen LogP contribution in [0.5, 0.6) is 11.5 Å². The molecule has 3 rings (SSSR count). The molecule has 0 N–H and O–H groups in total. The lowest BCUT2D eigenvalue weighted by Gasteiger charge is -2.16. The van der Waals surface area contributed by atoms with Crippen LogP contribution in [-0.2, 0) is 26.6 Å². The molecule has 0 unspecified atom stereocenters. The summed E-state index contributed by atoms with van der Waals surface area (Å²) in [4.78, 5) is 12.1. The van der Waals surface area contributed by atoms with Crippen molar-refractivity contribution in [3.63, 3.8) is 0 Å². The monoisotopic (exact) mass is 482 g/mol. The summed E-state index contributed by atoms with van der Waals surface area (Å²) < 4.78 is 34.7. The molecular formula is C27H31O6P. The van der Waals surface area contributed by atoms with E-state index in [4.69, 9.17) is 18.5 Å². The first-order chi connectivity index (χ1) is 16.5. The maximum absolute atomic E-state index is 12.6. The van der Waals surface area contributed by atoms with E-state index in [9.17, 15) is 9.36 Å². The van der Waals surface area contributed by atoms with Gasteiger partial charge in [0.1, 0.15) is 18.1 Å². The predicted molar refractivity (Wildman–Crippen MR) is 133 cm³/mol. The first-order valence-corrected chi connectivity index (χ1v) is 13.1. The van der Waals surface area contributed by atoms with Crippen molar-refractivity contribution in [2.75, 3.05) is 26.0 Å². The van der Waals surface area contributed by atoms with E-state index < -0.39 is 7.60 Å². The van der Waals surface area contributed by atoms with Crippen molar-refractivity contribution in [3.05, 3.63) is 95.6 Å². The molecule has 3 aromatic carbocycles. The number of ether oxygens (including phenoxy) is 2. The molecule has 0 saturated heterocycles. The molecule has 0 fully saturated rings. The molecule has 0 aliphatic carbocycles. The second-order valence-corrected chi connectivity index (χ2v) is 9.76. The molecular weight excluding hydrogens is 451 g/mol. The molecule has 0 aromatic heterocycles. The van der Waals surface area contributed by atoms with E-state index in [0.717, 1.165) is 16.9 Å². The minimum absolute atomic E-state index is 0.00317. The van der Waals surface area contributed by atoms with Gasteiger partial charge in [-0.25, -0.2) is 0 Å². The van der Waals surface area contributed by atoms with Gasteiger partial charge in [0.05, 0.1) is 19.4 Å². The van der Waals surface area contributed by atoms with Gasteiger partial charge in [0, 0.05) is 5.56 Å². The number of ketones is 1. The Bertz CT molecular complexity index is 1050. The number of benzene rings is 3. The van der Waals surface area contributed by atoms with Crippen molar-refractivity contribution >= 4 is 13.4 Å². The highest BCUT2D eigenvalue weighted by Gasteiger charge is 2.22. The van der Waals surface area contributed by atoms with E-state index in [1.54, 1.807) is 12.1 Å². The Morgan fingerprint density at radius 2 is 1.29 bits per heavy atom. The standard InChI is InChI=1S/C27H31O6P/c1-3-32-34(29,33-4-2)19-18-22-10-14-25(15-11-22)30-20-23-12-16-26(17-13-23)31-21-27(28)24-8-6-5-7-9-24/h5-17H,3-4,18-21H2,1-2H3. The van der Waals surface area contributed by atoms with E-state index >= 15 is 0 Å². The van der Waals surface area contributed by atoms with Crippen molar-refractivity contribution < 1.29 is 27.9 Å². The van der Waals surface area contributed by atoms with Crippen LogP contribution in [-0.4, -0.2) is 31.8 Å². The highest BCUT2D eigenvalue weighted by molar-refractivity contribution is 7.53. The Hall–Kier alpha value is -2.92. The lowest BCUT2D eigenvalue weighted by atomic mass is 10.1. The van der Waals surface area contributed by atoms with Crippen LogP contribution in [0.1, 0.15) is 35.3 Å². The first-order valence-electron chi connectivity index (χ1n) is 11.4. The molecule has 180 valence electrons. The van der Waals surface area contributed by atoms with Crippen molar-refractivity contribution in [1.82, 2.24) is 0 Å². The molecule has 0 aliphatic heterocycles. The molecule has 0 atom stereocenters. The van der Waals surface area contributed by atoms with Crippen LogP contribution in [0.15, 0.2) is 78.9 Å². The zero-order valence-corrected chi connectivity index (χ0v) is 20.5. The van der Waals surface area contributed by atoms with Crippen molar-refractivity contribution in [3.8, 4) is 11.5 Å². The molecule has 0 amide bonds. The zero-order valence-electron chi connectivity index (χ0n) is 19.6. The Balaban J connectivity index is 1.44. The second-order valence-electron chi connectivity index (χ2n) is 7.57. The third kappa shape index (κ3) is 8.14. The summed E-state index contributed by atoms with van der Waals surface area (Å²) >= 11 is 0. The lowest BCUT2D eigenvalue weighted by molar-refractivity contribution is 0.0921. The van der Waals surface area contributed by atoms with Crippen LogP contribution >= 0.6 is 7.60 Å². The summed E-state index contributed by atoms with van der Waals surface area (Å²) in [6, 6.07) is 24.3. The van der Waals surface area contributed by atoms with E-state index in [1.807, 2.05) is 80.6 Å². The summed E-state index contributed by atoms with van der Waals surface area (Å²) in [6.45, 7) is 4.76. The maximum atomic E-state index is 12.6. The normalized spacial score (nSPS) is 11.2. The van der Waals surface area contributed by atoms with Gasteiger partial charge in [-0.05, 0) is 55.7 Å². The average molecular weight is 483 g/mol. The highest BCUT2D eigenvalue weighted by Crippen LogP contribution is 2.48. The van der Waals surface area contributed by atoms with Crippen LogP contribution in [0.4, 0.5) is 0 Å². The van der Waals surface area contributed by atoms with Gasteiger partial charge < -0.3 is 18.5 Å². The Morgan fingerprint density at radius 1 is 0.735 bits per heavy atom. The predicted octanol–water partition coefficient (Wildman–Crippen LogP) is 6.34. The summed E-state index contributed by atoms with van der Waals surface area (Å²) in [7, 11) is -3.04. The molecule has 0 bridgehead atoms. The molecule has 0 saturated carbocycles. The number of hydrogen-bond acceptors (Lipinski definition) is 6. The van der Waals surface area contributed by atoms with Gasteiger partial charge in [0.15, 0.2) is 12.4 Å². The van der Waals surface area contributed by atoms with Crippen LogP contribution in [0, 0.1) is 0 Å². The van der Waals surface area contributed by atoms with E-state index in [1.165, 1.54) is 0 Å². The summed E-state index contributed by atoms with van der Waals surface area (Å²) in [5.74, 6) is 1.32. The average Bonchev–Trinajstić information content (AvgIpc) is 2.87. The fraction of sp³-hybridized carbons (Fsp3) is 0.296. The van der Waals surface area contributed by atoms with E-state index in [2.05, 4.69) is 0 Å².